The second-order valence-corrected chi connectivity index (χ2v) is 8.99. The monoisotopic (exact) mass is 488 g/mol. The molecule has 1 N–H and O–H groups in total. The molecule has 0 aliphatic carbocycles. The van der Waals surface area contributed by atoms with Crippen LogP contribution in [0.3, 0.4) is 0 Å². The fourth-order valence-corrected chi connectivity index (χ4v) is 4.46. The van der Waals surface area contributed by atoms with Crippen molar-refractivity contribution in [2.45, 2.75) is 6.92 Å². The van der Waals surface area contributed by atoms with Gasteiger partial charge in [-0.15, -0.1) is 0 Å². The van der Waals surface area contributed by atoms with Crippen LogP contribution in [0.1, 0.15) is 15.9 Å². The van der Waals surface area contributed by atoms with Gasteiger partial charge in [-0.1, -0.05) is 48.0 Å². The highest BCUT2D eigenvalue weighted by Crippen LogP contribution is 2.25. The molecule has 178 valence electrons. The van der Waals surface area contributed by atoms with E-state index in [9.17, 15) is 9.59 Å². The zero-order valence-corrected chi connectivity index (χ0v) is 20.1. The van der Waals surface area contributed by atoms with Crippen LogP contribution < -0.4 is 4.90 Å². The predicted octanol–water partition coefficient (Wildman–Crippen LogP) is 4.70. The molecule has 8 heteroatoms. The van der Waals surface area contributed by atoms with Crippen molar-refractivity contribution in [1.82, 2.24) is 14.9 Å². The van der Waals surface area contributed by atoms with Gasteiger partial charge in [0.25, 0.3) is 5.91 Å². The van der Waals surface area contributed by atoms with Crippen LogP contribution in [-0.4, -0.2) is 59.5 Å². The van der Waals surface area contributed by atoms with Crippen molar-refractivity contribution in [3.8, 4) is 11.4 Å². The van der Waals surface area contributed by atoms with Crippen molar-refractivity contribution in [2.24, 2.45) is 0 Å². The number of hydrogen-bond acceptors (Lipinski definition) is 5. The lowest BCUT2D eigenvalue weighted by Crippen LogP contribution is -2.50. The molecular weight excluding hydrogens is 464 g/mol. The normalized spacial score (nSPS) is 13.8. The zero-order valence-electron chi connectivity index (χ0n) is 19.3. The van der Waals surface area contributed by atoms with Crippen LogP contribution in [0.15, 0.2) is 66.7 Å². The summed E-state index contributed by atoms with van der Waals surface area (Å²) >= 11 is 6.15. The Morgan fingerprint density at radius 2 is 1.77 bits per heavy atom. The quantitative estimate of drug-likeness (QED) is 0.412. The Labute approximate surface area is 208 Å². The van der Waals surface area contributed by atoms with E-state index in [1.165, 1.54) is 0 Å². The van der Waals surface area contributed by atoms with E-state index in [4.69, 9.17) is 16.3 Å². The second kappa shape index (κ2) is 9.80. The van der Waals surface area contributed by atoms with E-state index in [0.29, 0.717) is 36.8 Å². The zero-order chi connectivity index (χ0) is 24.4. The number of aromatic nitrogens is 2. The van der Waals surface area contributed by atoms with Gasteiger partial charge < -0.3 is 19.5 Å². The molecule has 1 amide bonds. The third-order valence-corrected chi connectivity index (χ3v) is 6.47. The van der Waals surface area contributed by atoms with Crippen molar-refractivity contribution < 1.29 is 14.3 Å². The number of aromatic amines is 1. The van der Waals surface area contributed by atoms with Crippen molar-refractivity contribution >= 4 is 40.2 Å². The maximum absolute atomic E-state index is 12.7. The van der Waals surface area contributed by atoms with Gasteiger partial charge in [-0.25, -0.2) is 9.78 Å². The molecule has 0 radical (unpaired) electrons. The van der Waals surface area contributed by atoms with E-state index in [1.807, 2.05) is 55.5 Å². The van der Waals surface area contributed by atoms with E-state index in [-0.39, 0.29) is 12.5 Å². The molecule has 0 bridgehead atoms. The van der Waals surface area contributed by atoms with Crippen LogP contribution in [0.5, 0.6) is 0 Å². The van der Waals surface area contributed by atoms with E-state index in [1.54, 1.807) is 23.1 Å². The molecule has 35 heavy (non-hydrogen) atoms. The van der Waals surface area contributed by atoms with Crippen LogP contribution in [0.25, 0.3) is 22.4 Å². The molecular formula is C27H25ClN4O3. The molecule has 1 aliphatic heterocycles. The lowest BCUT2D eigenvalue weighted by molar-refractivity contribution is -0.134. The van der Waals surface area contributed by atoms with Crippen molar-refractivity contribution in [3.63, 3.8) is 0 Å². The highest BCUT2D eigenvalue weighted by atomic mass is 35.5. The summed E-state index contributed by atoms with van der Waals surface area (Å²) in [6, 6.07) is 20.7. The van der Waals surface area contributed by atoms with Crippen molar-refractivity contribution in [2.75, 3.05) is 37.7 Å². The Morgan fingerprint density at radius 3 is 2.54 bits per heavy atom. The lowest BCUT2D eigenvalue weighted by Gasteiger charge is -2.36. The summed E-state index contributed by atoms with van der Waals surface area (Å²) in [5.74, 6) is -0.00694. The van der Waals surface area contributed by atoms with Gasteiger partial charge in [0, 0.05) is 42.5 Å². The minimum Gasteiger partial charge on any atom is -0.452 e. The molecule has 0 saturated carbocycles. The molecule has 7 nitrogen and oxygen atoms in total. The summed E-state index contributed by atoms with van der Waals surface area (Å²) in [4.78, 5) is 37.0. The maximum Gasteiger partial charge on any atom is 0.338 e. The average molecular weight is 489 g/mol. The number of carbonyl (C=O) groups excluding carboxylic acids is 2. The van der Waals surface area contributed by atoms with Crippen LogP contribution in [0, 0.1) is 6.92 Å². The van der Waals surface area contributed by atoms with Crippen LogP contribution in [0.4, 0.5) is 5.69 Å². The number of nitrogens with one attached hydrogen (secondary N) is 1. The lowest BCUT2D eigenvalue weighted by atomic mass is 10.1. The summed E-state index contributed by atoms with van der Waals surface area (Å²) in [7, 11) is 0. The number of fused-ring (bicyclic) bond motifs is 1. The number of imidazole rings is 1. The van der Waals surface area contributed by atoms with Gasteiger partial charge >= 0.3 is 5.97 Å². The first-order valence-corrected chi connectivity index (χ1v) is 11.9. The number of nitrogens with zero attached hydrogens (tertiary/aromatic N) is 3. The number of ether oxygens (including phenoxy) is 1. The number of carbonyl (C=O) groups is 2. The van der Waals surface area contributed by atoms with Gasteiger partial charge in [0.05, 0.1) is 16.6 Å². The molecule has 4 aromatic rings. The number of hydrogen-bond donors (Lipinski definition) is 1. The van der Waals surface area contributed by atoms with Gasteiger partial charge in [0.2, 0.25) is 0 Å². The number of benzene rings is 3. The maximum atomic E-state index is 12.7. The van der Waals surface area contributed by atoms with Crippen LogP contribution in [0.2, 0.25) is 5.02 Å². The topological polar surface area (TPSA) is 78.5 Å². The summed E-state index contributed by atoms with van der Waals surface area (Å²) in [6.07, 6.45) is 0. The molecule has 1 aliphatic rings. The molecule has 0 atom stereocenters. The van der Waals surface area contributed by atoms with Gasteiger partial charge in [0.15, 0.2) is 6.61 Å². The summed E-state index contributed by atoms with van der Waals surface area (Å²) in [5.41, 5.74) is 5.05. The number of anilines is 1. The molecule has 3 aromatic carbocycles. The van der Waals surface area contributed by atoms with E-state index >= 15 is 0 Å². The summed E-state index contributed by atoms with van der Waals surface area (Å²) in [5, 5.41) is 0.695. The van der Waals surface area contributed by atoms with E-state index in [0.717, 1.165) is 33.7 Å². The SMILES string of the molecule is Cc1ccc(Cl)cc1N1CCN(C(=O)COC(=O)c2ccc3nc(-c4ccccc4)[nH]c3c2)CC1. The summed E-state index contributed by atoms with van der Waals surface area (Å²) in [6.45, 7) is 4.27. The van der Waals surface area contributed by atoms with E-state index in [2.05, 4.69) is 14.9 Å². The minimum absolute atomic E-state index is 0.199. The number of rotatable bonds is 5. The standard InChI is InChI=1S/C27H25ClN4O3/c1-18-7-9-21(28)16-24(18)31-11-13-32(14-12-31)25(33)17-35-27(34)20-8-10-22-23(15-20)30-26(29-22)19-5-3-2-4-6-19/h2-10,15-16H,11-14,17H2,1H3,(H,29,30). The Morgan fingerprint density at radius 1 is 1.00 bits per heavy atom. The van der Waals surface area contributed by atoms with Gasteiger partial charge in [-0.3, -0.25) is 4.79 Å². The predicted molar refractivity (Wildman–Crippen MR) is 137 cm³/mol. The summed E-state index contributed by atoms with van der Waals surface area (Å²) < 4.78 is 5.33. The Hall–Kier alpha value is -3.84. The third kappa shape index (κ3) is 5.00. The van der Waals surface area contributed by atoms with Crippen molar-refractivity contribution in [1.29, 1.82) is 0 Å². The molecule has 2 heterocycles. The number of H-pyrrole nitrogens is 1. The molecule has 5 rings (SSSR count). The smallest absolute Gasteiger partial charge is 0.338 e. The first kappa shape index (κ1) is 22.9. The second-order valence-electron chi connectivity index (χ2n) is 8.56. The molecule has 1 aromatic heterocycles. The molecule has 0 unspecified atom stereocenters. The molecule has 0 spiro atoms. The fraction of sp³-hybridized carbons (Fsp3) is 0.222. The van der Waals surface area contributed by atoms with Gasteiger partial charge in [-0.2, -0.15) is 0 Å². The Kier molecular flexibility index (Phi) is 6.42. The number of piperazine rings is 1. The number of aryl methyl sites for hydroxylation is 1. The molecule has 1 fully saturated rings. The van der Waals surface area contributed by atoms with Crippen LogP contribution in [-0.2, 0) is 9.53 Å². The van der Waals surface area contributed by atoms with E-state index < -0.39 is 5.97 Å². The largest absolute Gasteiger partial charge is 0.452 e. The number of amides is 1. The minimum atomic E-state index is -0.538. The average Bonchev–Trinajstić information content (AvgIpc) is 3.33. The van der Waals surface area contributed by atoms with Gasteiger partial charge in [0.1, 0.15) is 5.82 Å². The Bertz CT molecular complexity index is 1380. The fourth-order valence-electron chi connectivity index (χ4n) is 4.29. The highest BCUT2D eigenvalue weighted by molar-refractivity contribution is 6.30. The van der Waals surface area contributed by atoms with Gasteiger partial charge in [-0.05, 0) is 42.8 Å². The molecule has 1 saturated heterocycles. The number of halogens is 1. The third-order valence-electron chi connectivity index (χ3n) is 6.24. The van der Waals surface area contributed by atoms with Crippen molar-refractivity contribution in [3.05, 3.63) is 82.9 Å². The first-order valence-electron chi connectivity index (χ1n) is 11.5. The van der Waals surface area contributed by atoms with Crippen LogP contribution >= 0.6 is 11.6 Å². The Balaban J connectivity index is 1.17. The number of esters is 1. The first-order chi connectivity index (χ1) is 17.0. The highest BCUT2D eigenvalue weighted by Gasteiger charge is 2.23.